The summed E-state index contributed by atoms with van der Waals surface area (Å²) in [4.78, 5) is 27.2. The second-order valence-electron chi connectivity index (χ2n) is 7.37. The number of nitrogens with one attached hydrogen (secondary N) is 1. The number of urea groups is 1. The van der Waals surface area contributed by atoms with E-state index in [1.807, 2.05) is 67.4 Å². The number of benzene rings is 2. The molecule has 0 radical (unpaired) electrons. The number of nitrogens with zero attached hydrogens (tertiary/aromatic N) is 2. The molecular weight excluding hydrogens is 370 g/mol. The first-order valence-electron chi connectivity index (χ1n) is 9.74. The highest BCUT2D eigenvalue weighted by atomic mass is 16.5. The molecule has 7 heteroatoms. The normalized spacial score (nSPS) is 14.7. The zero-order valence-corrected chi connectivity index (χ0v) is 16.8. The number of carboxylic acids is 1. The zero-order chi connectivity index (χ0) is 20.8. The van der Waals surface area contributed by atoms with E-state index in [9.17, 15) is 9.59 Å². The van der Waals surface area contributed by atoms with Crippen molar-refractivity contribution in [2.75, 3.05) is 32.0 Å². The van der Waals surface area contributed by atoms with E-state index in [1.165, 1.54) is 0 Å². The Labute approximate surface area is 170 Å². The maximum absolute atomic E-state index is 12.7. The lowest BCUT2D eigenvalue weighted by Crippen LogP contribution is -2.47. The number of likely N-dealkylation sites (N-methyl/N-ethyl adjacent to an activating group) is 1. The molecule has 1 heterocycles. The minimum absolute atomic E-state index is 0.0144. The summed E-state index contributed by atoms with van der Waals surface area (Å²) in [6.07, 6.45) is 1.50. The largest absolute Gasteiger partial charge is 0.480 e. The highest BCUT2D eigenvalue weighted by Crippen LogP contribution is 2.30. The van der Waals surface area contributed by atoms with Crippen molar-refractivity contribution < 1.29 is 19.4 Å². The first-order chi connectivity index (χ1) is 13.9. The molecule has 0 aliphatic carbocycles. The molecule has 0 aromatic heterocycles. The molecular formula is C22H27N3O4. The third-order valence-electron chi connectivity index (χ3n) is 5.11. The minimum Gasteiger partial charge on any atom is -0.480 e. The van der Waals surface area contributed by atoms with Gasteiger partial charge in [-0.3, -0.25) is 9.69 Å². The van der Waals surface area contributed by atoms with Crippen LogP contribution < -0.4 is 10.1 Å². The predicted octanol–water partition coefficient (Wildman–Crippen LogP) is 3.80. The van der Waals surface area contributed by atoms with Crippen LogP contribution in [0.15, 0.2) is 48.5 Å². The number of carboxylic acid groups (broad SMARTS) is 1. The Morgan fingerprint density at radius 1 is 1.17 bits per heavy atom. The van der Waals surface area contributed by atoms with Crippen LogP contribution in [0.3, 0.4) is 0 Å². The van der Waals surface area contributed by atoms with Crippen LogP contribution in [0.2, 0.25) is 0 Å². The number of hydrogen-bond donors (Lipinski definition) is 2. The summed E-state index contributed by atoms with van der Waals surface area (Å²) in [6.45, 7) is 3.18. The topological polar surface area (TPSA) is 82.1 Å². The molecule has 2 N–H and O–H groups in total. The number of aliphatic carboxylic acids is 1. The van der Waals surface area contributed by atoms with Gasteiger partial charge in [-0.15, -0.1) is 0 Å². The third kappa shape index (κ3) is 5.71. The molecule has 0 atom stereocenters. The van der Waals surface area contributed by atoms with Crippen LogP contribution in [0, 0.1) is 6.92 Å². The molecule has 0 bridgehead atoms. The fourth-order valence-electron chi connectivity index (χ4n) is 3.51. The standard InChI is InChI=1S/C22H27N3O4/c1-16-6-5-7-18(14-16)29-20-9-4-3-8-19(20)23-22(28)25-12-10-17(11-13-25)24(2)15-21(26)27/h3-9,14,17H,10-13,15H2,1-2H3,(H,23,28)(H,26,27). The van der Waals surface area contributed by atoms with Crippen LogP contribution in [0.1, 0.15) is 18.4 Å². The summed E-state index contributed by atoms with van der Waals surface area (Å²) in [5, 5.41) is 11.9. The van der Waals surface area contributed by atoms with Gasteiger partial charge >= 0.3 is 12.0 Å². The molecule has 3 rings (SSSR count). The first kappa shape index (κ1) is 20.7. The fraction of sp³-hybridized carbons (Fsp3) is 0.364. The Morgan fingerprint density at radius 2 is 1.90 bits per heavy atom. The van der Waals surface area contributed by atoms with Crippen LogP contribution in [-0.4, -0.2) is 59.6 Å². The molecule has 7 nitrogen and oxygen atoms in total. The molecule has 0 saturated carbocycles. The fourth-order valence-corrected chi connectivity index (χ4v) is 3.51. The monoisotopic (exact) mass is 397 g/mol. The zero-order valence-electron chi connectivity index (χ0n) is 16.8. The van der Waals surface area contributed by atoms with Gasteiger partial charge in [0.25, 0.3) is 0 Å². The molecule has 2 amide bonds. The van der Waals surface area contributed by atoms with Gasteiger partial charge in [-0.05, 0) is 56.6 Å². The molecule has 1 saturated heterocycles. The van der Waals surface area contributed by atoms with Gasteiger partial charge in [0.15, 0.2) is 5.75 Å². The van der Waals surface area contributed by atoms with Crippen molar-refractivity contribution in [3.05, 3.63) is 54.1 Å². The molecule has 0 unspecified atom stereocenters. The summed E-state index contributed by atoms with van der Waals surface area (Å²) in [5.41, 5.74) is 1.71. The second kappa shape index (κ2) is 9.43. The molecule has 2 aromatic rings. The van der Waals surface area contributed by atoms with E-state index >= 15 is 0 Å². The van der Waals surface area contributed by atoms with Gasteiger partial charge in [-0.25, -0.2) is 4.79 Å². The van der Waals surface area contributed by atoms with Crippen molar-refractivity contribution in [2.45, 2.75) is 25.8 Å². The maximum atomic E-state index is 12.7. The van der Waals surface area contributed by atoms with Crippen molar-refractivity contribution in [1.82, 2.24) is 9.80 Å². The van der Waals surface area contributed by atoms with Crippen molar-refractivity contribution in [1.29, 1.82) is 0 Å². The molecule has 2 aromatic carbocycles. The molecule has 1 aliphatic heterocycles. The summed E-state index contributed by atoms with van der Waals surface area (Å²) >= 11 is 0. The molecule has 154 valence electrons. The number of ether oxygens (including phenoxy) is 1. The number of hydrogen-bond acceptors (Lipinski definition) is 4. The SMILES string of the molecule is Cc1cccc(Oc2ccccc2NC(=O)N2CCC(N(C)CC(=O)O)CC2)c1. The Kier molecular flexibility index (Phi) is 6.72. The van der Waals surface area contributed by atoms with Crippen LogP contribution in [-0.2, 0) is 4.79 Å². The number of piperidine rings is 1. The average Bonchev–Trinajstić information content (AvgIpc) is 2.69. The first-order valence-corrected chi connectivity index (χ1v) is 9.74. The van der Waals surface area contributed by atoms with Crippen LogP contribution >= 0.6 is 0 Å². The van der Waals surface area contributed by atoms with Gasteiger partial charge in [0.05, 0.1) is 12.2 Å². The van der Waals surface area contributed by atoms with E-state index in [0.717, 1.165) is 18.4 Å². The number of para-hydroxylation sites is 2. The molecule has 0 spiro atoms. The second-order valence-corrected chi connectivity index (χ2v) is 7.37. The van der Waals surface area contributed by atoms with Gasteiger partial charge in [-0.2, -0.15) is 0 Å². The Bertz CT molecular complexity index is 863. The number of likely N-dealkylation sites (tertiary alicyclic amines) is 1. The Hall–Kier alpha value is -3.06. The minimum atomic E-state index is -0.835. The van der Waals surface area contributed by atoms with E-state index in [1.54, 1.807) is 4.90 Å². The quantitative estimate of drug-likeness (QED) is 0.775. The highest BCUT2D eigenvalue weighted by molar-refractivity contribution is 5.91. The van der Waals surface area contributed by atoms with E-state index in [-0.39, 0.29) is 18.6 Å². The summed E-state index contributed by atoms with van der Waals surface area (Å²) < 4.78 is 5.97. The van der Waals surface area contributed by atoms with E-state index in [0.29, 0.717) is 30.3 Å². The Balaban J connectivity index is 1.59. The number of anilines is 1. The van der Waals surface area contributed by atoms with Crippen LogP contribution in [0.25, 0.3) is 0 Å². The number of aryl methyl sites for hydroxylation is 1. The van der Waals surface area contributed by atoms with E-state index < -0.39 is 5.97 Å². The van der Waals surface area contributed by atoms with Crippen molar-refractivity contribution in [3.8, 4) is 11.5 Å². The van der Waals surface area contributed by atoms with Gasteiger partial charge in [0.1, 0.15) is 5.75 Å². The van der Waals surface area contributed by atoms with Gasteiger partial charge in [0.2, 0.25) is 0 Å². The average molecular weight is 397 g/mol. The van der Waals surface area contributed by atoms with Gasteiger partial charge in [0, 0.05) is 19.1 Å². The Morgan fingerprint density at radius 3 is 2.59 bits per heavy atom. The van der Waals surface area contributed by atoms with Gasteiger partial charge < -0.3 is 20.1 Å². The number of rotatable bonds is 6. The smallest absolute Gasteiger partial charge is 0.321 e. The van der Waals surface area contributed by atoms with E-state index in [4.69, 9.17) is 9.84 Å². The van der Waals surface area contributed by atoms with Crippen LogP contribution in [0.4, 0.5) is 10.5 Å². The molecule has 1 aliphatic rings. The summed E-state index contributed by atoms with van der Waals surface area (Å²) in [5.74, 6) is 0.467. The van der Waals surface area contributed by atoms with Crippen molar-refractivity contribution in [3.63, 3.8) is 0 Å². The third-order valence-corrected chi connectivity index (χ3v) is 5.11. The summed E-state index contributed by atoms with van der Waals surface area (Å²) in [7, 11) is 1.81. The number of amides is 2. The lowest BCUT2D eigenvalue weighted by atomic mass is 10.0. The predicted molar refractivity (Wildman–Crippen MR) is 112 cm³/mol. The van der Waals surface area contributed by atoms with E-state index in [2.05, 4.69) is 5.32 Å². The maximum Gasteiger partial charge on any atom is 0.321 e. The van der Waals surface area contributed by atoms with Crippen molar-refractivity contribution in [2.24, 2.45) is 0 Å². The lowest BCUT2D eigenvalue weighted by molar-refractivity contribution is -0.138. The number of carbonyl (C=O) groups is 2. The van der Waals surface area contributed by atoms with Gasteiger partial charge in [-0.1, -0.05) is 24.3 Å². The highest BCUT2D eigenvalue weighted by Gasteiger charge is 2.26. The van der Waals surface area contributed by atoms with Crippen molar-refractivity contribution >= 4 is 17.7 Å². The number of carbonyl (C=O) groups excluding carboxylic acids is 1. The van der Waals surface area contributed by atoms with Crippen LogP contribution in [0.5, 0.6) is 11.5 Å². The molecule has 1 fully saturated rings. The lowest BCUT2D eigenvalue weighted by Gasteiger charge is -2.36. The molecule has 29 heavy (non-hydrogen) atoms. The summed E-state index contributed by atoms with van der Waals surface area (Å²) in [6, 6.07) is 15.1.